The number of nitrogens with one attached hydrogen (secondary N) is 2. The van der Waals surface area contributed by atoms with E-state index in [1.165, 1.54) is 35.7 Å². The first kappa shape index (κ1) is 20.3. The second-order valence-electron chi connectivity index (χ2n) is 6.26. The van der Waals surface area contributed by atoms with E-state index in [4.69, 9.17) is 0 Å². The van der Waals surface area contributed by atoms with Crippen molar-refractivity contribution in [3.8, 4) is 21.1 Å². The molecule has 4 rings (SSSR count). The van der Waals surface area contributed by atoms with Gasteiger partial charge in [0.1, 0.15) is 10.8 Å². The van der Waals surface area contributed by atoms with Crippen LogP contribution in [0.4, 0.5) is 15.2 Å². The Morgan fingerprint density at radius 1 is 1.07 bits per heavy atom. The summed E-state index contributed by atoms with van der Waals surface area (Å²) in [6, 6.07) is 8.34. The zero-order valence-corrected chi connectivity index (χ0v) is 18.1. The minimum atomic E-state index is -0.506. The number of thiazole rings is 2. The quantitative estimate of drug-likeness (QED) is 0.412. The van der Waals surface area contributed by atoms with Crippen molar-refractivity contribution in [3.63, 3.8) is 0 Å². The van der Waals surface area contributed by atoms with E-state index in [0.29, 0.717) is 27.8 Å². The van der Waals surface area contributed by atoms with Gasteiger partial charge in [0, 0.05) is 28.9 Å². The van der Waals surface area contributed by atoms with Crippen LogP contribution in [0.2, 0.25) is 0 Å². The van der Waals surface area contributed by atoms with Gasteiger partial charge in [0.05, 0.1) is 22.7 Å². The summed E-state index contributed by atoms with van der Waals surface area (Å²) in [7, 11) is 0. The maximum absolute atomic E-state index is 14.4. The maximum atomic E-state index is 14.4. The van der Waals surface area contributed by atoms with Crippen LogP contribution in [-0.4, -0.2) is 21.8 Å². The Morgan fingerprint density at radius 3 is 2.67 bits per heavy atom. The molecule has 0 atom stereocenters. The molecule has 4 aromatic rings. The number of nitrogens with zero attached hydrogens (tertiary/aromatic N) is 2. The first-order valence-corrected chi connectivity index (χ1v) is 11.4. The first-order valence-electron chi connectivity index (χ1n) is 8.79. The highest BCUT2D eigenvalue weighted by Gasteiger charge is 2.14. The number of rotatable bonds is 6. The zero-order chi connectivity index (χ0) is 21.1. The summed E-state index contributed by atoms with van der Waals surface area (Å²) in [6.45, 7) is 1.36. The summed E-state index contributed by atoms with van der Waals surface area (Å²) in [5.74, 6) is -1.02. The third-order valence-corrected chi connectivity index (χ3v) is 6.63. The van der Waals surface area contributed by atoms with E-state index in [1.54, 1.807) is 28.8 Å². The van der Waals surface area contributed by atoms with Gasteiger partial charge in [-0.05, 0) is 29.6 Å². The highest BCUT2D eigenvalue weighted by Crippen LogP contribution is 2.30. The molecule has 152 valence electrons. The molecule has 0 aliphatic heterocycles. The van der Waals surface area contributed by atoms with Crippen LogP contribution in [0.15, 0.2) is 46.5 Å². The predicted octanol–water partition coefficient (Wildman–Crippen LogP) is 5.27. The molecule has 2 amide bonds. The van der Waals surface area contributed by atoms with E-state index in [0.717, 1.165) is 9.88 Å². The Hall–Kier alpha value is -2.95. The Bertz CT molecular complexity index is 1200. The van der Waals surface area contributed by atoms with Crippen LogP contribution in [0.1, 0.15) is 12.6 Å². The van der Waals surface area contributed by atoms with Gasteiger partial charge in [0.2, 0.25) is 11.8 Å². The van der Waals surface area contributed by atoms with Gasteiger partial charge in [-0.15, -0.1) is 34.0 Å². The van der Waals surface area contributed by atoms with Crippen LogP contribution in [0.3, 0.4) is 0 Å². The van der Waals surface area contributed by atoms with Crippen molar-refractivity contribution in [2.45, 2.75) is 13.3 Å². The molecule has 0 spiro atoms. The first-order chi connectivity index (χ1) is 14.5. The zero-order valence-electron chi connectivity index (χ0n) is 15.6. The summed E-state index contributed by atoms with van der Waals surface area (Å²) in [5.41, 5.74) is 1.77. The number of thiophene rings is 1. The molecule has 0 aliphatic rings. The number of aromatic nitrogens is 2. The van der Waals surface area contributed by atoms with E-state index in [2.05, 4.69) is 20.6 Å². The third-order valence-electron chi connectivity index (χ3n) is 3.94. The van der Waals surface area contributed by atoms with Crippen LogP contribution in [-0.2, 0) is 16.0 Å². The molecule has 0 unspecified atom stereocenters. The minimum Gasteiger partial charge on any atom is -0.326 e. The number of carbonyl (C=O) groups is 2. The lowest BCUT2D eigenvalue weighted by Gasteiger charge is -2.05. The molecular weight excluding hydrogens is 443 g/mol. The third kappa shape index (κ3) is 4.78. The standard InChI is InChI=1S/C20H15FN4O2S3/c1-11(26)22-12-4-5-14(15(21)7-12)16-10-30-20(24-16)25-18(27)8-13-9-29-19(23-13)17-3-2-6-28-17/h2-7,9-10H,8H2,1H3,(H,22,26)(H,24,25,27). The number of amides is 2. The van der Waals surface area contributed by atoms with Crippen LogP contribution in [0.25, 0.3) is 21.1 Å². The topological polar surface area (TPSA) is 84.0 Å². The summed E-state index contributed by atoms with van der Waals surface area (Å²) in [5, 5.41) is 12.1. The molecule has 3 heterocycles. The summed E-state index contributed by atoms with van der Waals surface area (Å²) in [6.07, 6.45) is 0.135. The fourth-order valence-corrected chi connectivity index (χ4v) is 5.05. The molecule has 0 aliphatic carbocycles. The highest BCUT2D eigenvalue weighted by molar-refractivity contribution is 7.20. The molecular formula is C20H15FN4O2S3. The molecule has 1 aromatic carbocycles. The average molecular weight is 459 g/mol. The molecule has 0 bridgehead atoms. The Morgan fingerprint density at radius 2 is 1.93 bits per heavy atom. The molecule has 0 fully saturated rings. The van der Waals surface area contributed by atoms with Gasteiger partial charge in [0.15, 0.2) is 5.13 Å². The number of halogens is 1. The Balaban J connectivity index is 1.41. The van der Waals surface area contributed by atoms with E-state index in [-0.39, 0.29) is 18.2 Å². The Labute approximate surface area is 183 Å². The number of hydrogen-bond acceptors (Lipinski definition) is 7. The SMILES string of the molecule is CC(=O)Nc1ccc(-c2csc(NC(=O)Cc3csc(-c4cccs4)n3)n2)c(F)c1. The molecule has 0 saturated carbocycles. The normalized spacial score (nSPS) is 10.7. The van der Waals surface area contributed by atoms with Crippen molar-refractivity contribution >= 4 is 56.6 Å². The van der Waals surface area contributed by atoms with Crippen molar-refractivity contribution in [1.82, 2.24) is 9.97 Å². The second-order valence-corrected chi connectivity index (χ2v) is 8.92. The summed E-state index contributed by atoms with van der Waals surface area (Å²) in [4.78, 5) is 33.3. The summed E-state index contributed by atoms with van der Waals surface area (Å²) >= 11 is 4.32. The van der Waals surface area contributed by atoms with Crippen LogP contribution in [0, 0.1) is 5.82 Å². The average Bonchev–Trinajstić information content (AvgIpc) is 3.42. The lowest BCUT2D eigenvalue weighted by molar-refractivity contribution is -0.116. The van der Waals surface area contributed by atoms with E-state index in [1.807, 2.05) is 22.9 Å². The van der Waals surface area contributed by atoms with Gasteiger partial charge < -0.3 is 10.6 Å². The number of hydrogen-bond donors (Lipinski definition) is 2. The van der Waals surface area contributed by atoms with Crippen molar-refractivity contribution in [3.05, 3.63) is 58.0 Å². The van der Waals surface area contributed by atoms with Crippen molar-refractivity contribution in [2.24, 2.45) is 0 Å². The van der Waals surface area contributed by atoms with E-state index in [9.17, 15) is 14.0 Å². The molecule has 30 heavy (non-hydrogen) atoms. The molecule has 2 N–H and O–H groups in total. The number of carbonyl (C=O) groups excluding carboxylic acids is 2. The maximum Gasteiger partial charge on any atom is 0.232 e. The fourth-order valence-electron chi connectivity index (χ4n) is 2.69. The molecule has 6 nitrogen and oxygen atoms in total. The second kappa shape index (κ2) is 8.82. The van der Waals surface area contributed by atoms with Crippen molar-refractivity contribution in [2.75, 3.05) is 10.6 Å². The number of benzene rings is 1. The smallest absolute Gasteiger partial charge is 0.232 e. The van der Waals surface area contributed by atoms with Gasteiger partial charge in [-0.3, -0.25) is 9.59 Å². The predicted molar refractivity (Wildman–Crippen MR) is 120 cm³/mol. The van der Waals surface area contributed by atoms with Gasteiger partial charge in [-0.2, -0.15) is 0 Å². The number of anilines is 2. The lowest BCUT2D eigenvalue weighted by atomic mass is 10.1. The monoisotopic (exact) mass is 458 g/mol. The minimum absolute atomic E-state index is 0.135. The van der Waals surface area contributed by atoms with Gasteiger partial charge in [0.25, 0.3) is 0 Å². The van der Waals surface area contributed by atoms with Crippen LogP contribution < -0.4 is 10.6 Å². The van der Waals surface area contributed by atoms with Gasteiger partial charge >= 0.3 is 0 Å². The van der Waals surface area contributed by atoms with E-state index < -0.39 is 5.82 Å². The largest absolute Gasteiger partial charge is 0.326 e. The lowest BCUT2D eigenvalue weighted by Crippen LogP contribution is -2.14. The van der Waals surface area contributed by atoms with Crippen molar-refractivity contribution < 1.29 is 14.0 Å². The molecule has 0 radical (unpaired) electrons. The summed E-state index contributed by atoms with van der Waals surface area (Å²) < 4.78 is 14.4. The Kier molecular flexibility index (Phi) is 5.98. The van der Waals surface area contributed by atoms with Crippen LogP contribution in [0.5, 0.6) is 0 Å². The molecule has 10 heteroatoms. The van der Waals surface area contributed by atoms with Crippen LogP contribution >= 0.6 is 34.0 Å². The van der Waals surface area contributed by atoms with Gasteiger partial charge in [-0.25, -0.2) is 14.4 Å². The molecule has 3 aromatic heterocycles. The highest BCUT2D eigenvalue weighted by atomic mass is 32.1. The fraction of sp³-hybridized carbons (Fsp3) is 0.100. The van der Waals surface area contributed by atoms with E-state index >= 15 is 0 Å². The van der Waals surface area contributed by atoms with Crippen molar-refractivity contribution in [1.29, 1.82) is 0 Å². The molecule has 0 saturated heterocycles. The van der Waals surface area contributed by atoms with Gasteiger partial charge in [-0.1, -0.05) is 6.07 Å².